The van der Waals surface area contributed by atoms with Crippen LogP contribution in [0.5, 0.6) is 0 Å². The van der Waals surface area contributed by atoms with Crippen molar-refractivity contribution < 1.29 is 9.18 Å². The van der Waals surface area contributed by atoms with E-state index < -0.39 is 5.82 Å². The van der Waals surface area contributed by atoms with Gasteiger partial charge in [0.2, 0.25) is 0 Å². The molecule has 1 aromatic rings. The smallest absolute Gasteiger partial charge is 0.253 e. The molecule has 1 saturated carbocycles. The normalized spacial score (nSPS) is 17.4. The van der Waals surface area contributed by atoms with Crippen molar-refractivity contribution in [2.24, 2.45) is 0 Å². The monoisotopic (exact) mass is 279 g/mol. The maximum Gasteiger partial charge on any atom is 0.253 e. The van der Waals surface area contributed by atoms with E-state index >= 15 is 0 Å². The molecule has 0 saturated heterocycles. The lowest BCUT2D eigenvalue weighted by atomic mass is 9.95. The number of carbonyl (C=O) groups excluding carboxylic acids is 1. The van der Waals surface area contributed by atoms with Crippen molar-refractivity contribution >= 4 is 5.91 Å². The third-order valence-corrected chi connectivity index (χ3v) is 4.36. The van der Waals surface area contributed by atoms with Crippen molar-refractivity contribution in [3.63, 3.8) is 0 Å². The summed E-state index contributed by atoms with van der Waals surface area (Å²) in [5, 5.41) is 2.94. The minimum absolute atomic E-state index is 0.0468. The molecule has 110 valence electrons. The number of amides is 1. The molecule has 0 radical (unpaired) electrons. The molecule has 20 heavy (non-hydrogen) atoms. The van der Waals surface area contributed by atoms with Crippen molar-refractivity contribution in [2.45, 2.75) is 38.1 Å². The van der Waals surface area contributed by atoms with Crippen LogP contribution in [0.25, 0.3) is 0 Å². The highest BCUT2D eigenvalue weighted by Crippen LogP contribution is 2.33. The number of nitrogens with zero attached hydrogens (tertiary/aromatic N) is 2. The SMILES string of the molecule is CCN(C)C1(CNC(=O)c2cncc(F)c2)CCCC1. The molecule has 1 fully saturated rings. The molecule has 0 bridgehead atoms. The summed E-state index contributed by atoms with van der Waals surface area (Å²) in [5.74, 6) is -0.744. The number of aromatic nitrogens is 1. The number of carbonyl (C=O) groups is 1. The van der Waals surface area contributed by atoms with Gasteiger partial charge < -0.3 is 5.32 Å². The van der Waals surface area contributed by atoms with Crippen LogP contribution in [-0.2, 0) is 0 Å². The maximum absolute atomic E-state index is 13.1. The number of pyridine rings is 1. The molecule has 1 aromatic heterocycles. The summed E-state index contributed by atoms with van der Waals surface area (Å²) in [6, 6.07) is 1.22. The molecular formula is C15H22FN3O. The Hall–Kier alpha value is -1.49. The lowest BCUT2D eigenvalue weighted by molar-refractivity contribution is 0.0874. The largest absolute Gasteiger partial charge is 0.350 e. The van der Waals surface area contributed by atoms with E-state index in [0.717, 1.165) is 25.6 Å². The number of nitrogens with one attached hydrogen (secondary N) is 1. The van der Waals surface area contributed by atoms with Crippen LogP contribution in [0.4, 0.5) is 4.39 Å². The summed E-state index contributed by atoms with van der Waals surface area (Å²) in [5.41, 5.74) is 0.322. The average Bonchev–Trinajstić information content (AvgIpc) is 2.94. The van der Waals surface area contributed by atoms with Crippen molar-refractivity contribution in [3.8, 4) is 0 Å². The highest BCUT2D eigenvalue weighted by atomic mass is 19.1. The first kappa shape index (κ1) is 14.9. The van der Waals surface area contributed by atoms with Gasteiger partial charge in [0.05, 0.1) is 11.8 Å². The Morgan fingerprint density at radius 3 is 2.75 bits per heavy atom. The lowest BCUT2D eigenvalue weighted by Crippen LogP contribution is -2.52. The minimum atomic E-state index is -0.487. The summed E-state index contributed by atoms with van der Waals surface area (Å²) in [7, 11) is 2.10. The molecule has 5 heteroatoms. The highest BCUT2D eigenvalue weighted by molar-refractivity contribution is 5.93. The second-order valence-electron chi connectivity index (χ2n) is 5.52. The molecule has 2 rings (SSSR count). The van der Waals surface area contributed by atoms with Crippen molar-refractivity contribution in [2.75, 3.05) is 20.1 Å². The van der Waals surface area contributed by atoms with Gasteiger partial charge in [-0.2, -0.15) is 0 Å². The Labute approximate surface area is 119 Å². The van der Waals surface area contributed by atoms with E-state index in [-0.39, 0.29) is 17.0 Å². The van der Waals surface area contributed by atoms with Crippen LogP contribution in [0.15, 0.2) is 18.5 Å². The van der Waals surface area contributed by atoms with Crippen molar-refractivity contribution in [1.29, 1.82) is 0 Å². The quantitative estimate of drug-likeness (QED) is 0.899. The standard InChI is InChI=1S/C15H22FN3O/c1-3-19(2)15(6-4-5-7-15)11-18-14(20)12-8-13(16)10-17-9-12/h8-10H,3-7,11H2,1-2H3,(H,18,20). The molecule has 1 amide bonds. The number of rotatable bonds is 5. The van der Waals surface area contributed by atoms with Gasteiger partial charge in [0.25, 0.3) is 5.91 Å². The summed E-state index contributed by atoms with van der Waals surface area (Å²) >= 11 is 0. The first-order chi connectivity index (χ1) is 9.57. The van der Waals surface area contributed by atoms with Gasteiger partial charge in [-0.15, -0.1) is 0 Å². The number of hydrogen-bond donors (Lipinski definition) is 1. The van der Waals surface area contributed by atoms with E-state index in [1.807, 2.05) is 0 Å². The van der Waals surface area contributed by atoms with E-state index in [4.69, 9.17) is 0 Å². The topological polar surface area (TPSA) is 45.2 Å². The first-order valence-electron chi connectivity index (χ1n) is 7.17. The third kappa shape index (κ3) is 3.15. The number of halogens is 1. The molecular weight excluding hydrogens is 257 g/mol. The summed E-state index contributed by atoms with van der Waals surface area (Å²) < 4.78 is 13.1. The Morgan fingerprint density at radius 2 is 2.15 bits per heavy atom. The summed E-state index contributed by atoms with van der Waals surface area (Å²) in [4.78, 5) is 18.1. The molecule has 4 nitrogen and oxygen atoms in total. The summed E-state index contributed by atoms with van der Waals surface area (Å²) in [6.45, 7) is 3.68. The Kier molecular flexibility index (Phi) is 4.70. The molecule has 0 unspecified atom stereocenters. The van der Waals surface area contributed by atoms with E-state index in [2.05, 4.69) is 29.2 Å². The molecule has 1 N–H and O–H groups in total. The second-order valence-corrected chi connectivity index (χ2v) is 5.52. The van der Waals surface area contributed by atoms with E-state index in [9.17, 15) is 9.18 Å². The predicted molar refractivity (Wildman–Crippen MR) is 76.0 cm³/mol. The minimum Gasteiger partial charge on any atom is -0.350 e. The molecule has 1 aliphatic carbocycles. The van der Waals surface area contributed by atoms with Crippen LogP contribution >= 0.6 is 0 Å². The van der Waals surface area contributed by atoms with Gasteiger partial charge in [0.1, 0.15) is 5.82 Å². The zero-order valence-electron chi connectivity index (χ0n) is 12.2. The van der Waals surface area contributed by atoms with Crippen molar-refractivity contribution in [3.05, 3.63) is 29.8 Å². The van der Waals surface area contributed by atoms with Gasteiger partial charge in [-0.05, 0) is 32.5 Å². The van der Waals surface area contributed by atoms with E-state index in [1.54, 1.807) is 0 Å². The van der Waals surface area contributed by atoms with Crippen molar-refractivity contribution in [1.82, 2.24) is 15.2 Å². The van der Waals surface area contributed by atoms with Gasteiger partial charge in [-0.25, -0.2) is 4.39 Å². The van der Waals surface area contributed by atoms with E-state index in [0.29, 0.717) is 6.54 Å². The van der Waals surface area contributed by atoms with Gasteiger partial charge in [0, 0.05) is 18.3 Å². The average molecular weight is 279 g/mol. The zero-order chi connectivity index (χ0) is 14.6. The van der Waals surface area contributed by atoms with Crippen LogP contribution in [0, 0.1) is 5.82 Å². The fourth-order valence-corrected chi connectivity index (χ4v) is 2.94. The zero-order valence-corrected chi connectivity index (χ0v) is 12.2. The molecule has 0 aliphatic heterocycles. The van der Waals surface area contributed by atoms with Crippen LogP contribution in [0.1, 0.15) is 43.0 Å². The maximum atomic E-state index is 13.1. The Balaban J connectivity index is 2.01. The molecule has 1 heterocycles. The summed E-state index contributed by atoms with van der Waals surface area (Å²) in [6.07, 6.45) is 7.07. The number of hydrogen-bond acceptors (Lipinski definition) is 3. The van der Waals surface area contributed by atoms with Crippen LogP contribution in [0.3, 0.4) is 0 Å². The van der Waals surface area contributed by atoms with E-state index in [1.165, 1.54) is 25.1 Å². The van der Waals surface area contributed by atoms with Gasteiger partial charge in [0.15, 0.2) is 0 Å². The molecule has 0 atom stereocenters. The number of likely N-dealkylation sites (N-methyl/N-ethyl adjacent to an activating group) is 1. The van der Waals surface area contributed by atoms with Crippen LogP contribution in [0.2, 0.25) is 0 Å². The van der Waals surface area contributed by atoms with Gasteiger partial charge >= 0.3 is 0 Å². The first-order valence-corrected chi connectivity index (χ1v) is 7.17. The van der Waals surface area contributed by atoms with Gasteiger partial charge in [-0.3, -0.25) is 14.7 Å². The molecule has 0 aromatic carbocycles. The third-order valence-electron chi connectivity index (χ3n) is 4.36. The lowest BCUT2D eigenvalue weighted by Gasteiger charge is -2.38. The molecule has 1 aliphatic rings. The van der Waals surface area contributed by atoms with Crippen LogP contribution in [-0.4, -0.2) is 41.5 Å². The van der Waals surface area contributed by atoms with Gasteiger partial charge in [-0.1, -0.05) is 19.8 Å². The fourth-order valence-electron chi connectivity index (χ4n) is 2.94. The Bertz CT molecular complexity index is 472. The molecule has 0 spiro atoms. The van der Waals surface area contributed by atoms with Crippen LogP contribution < -0.4 is 5.32 Å². The highest BCUT2D eigenvalue weighted by Gasteiger charge is 2.37. The Morgan fingerprint density at radius 1 is 1.45 bits per heavy atom. The second kappa shape index (κ2) is 6.31. The predicted octanol–water partition coefficient (Wildman–Crippen LogP) is 2.21. The fraction of sp³-hybridized carbons (Fsp3) is 0.600.